The molecule has 0 aromatic heterocycles. The number of nitrogens with zero attached hydrogens (tertiary/aromatic N) is 1. The first-order valence-electron chi connectivity index (χ1n) is 7.23. The fraction of sp³-hybridized carbons (Fsp3) is 0.333. The van der Waals surface area contributed by atoms with Gasteiger partial charge in [0, 0.05) is 23.6 Å². The van der Waals surface area contributed by atoms with Crippen molar-refractivity contribution in [1.29, 1.82) is 0 Å². The van der Waals surface area contributed by atoms with Gasteiger partial charge in [0.05, 0.1) is 0 Å². The van der Waals surface area contributed by atoms with Crippen molar-refractivity contribution in [3.8, 4) is 0 Å². The van der Waals surface area contributed by atoms with E-state index in [0.29, 0.717) is 6.54 Å². The lowest BCUT2D eigenvalue weighted by Crippen LogP contribution is -2.30. The number of hydrogen-bond acceptors (Lipinski definition) is 2. The molecule has 0 aliphatic heterocycles. The van der Waals surface area contributed by atoms with Gasteiger partial charge in [-0.05, 0) is 43.7 Å². The highest BCUT2D eigenvalue weighted by molar-refractivity contribution is 9.10. The summed E-state index contributed by atoms with van der Waals surface area (Å²) in [5.74, 6) is 0. The molecule has 0 bridgehead atoms. The third-order valence-electron chi connectivity index (χ3n) is 3.89. The Hall–Kier alpha value is -1.16. The maximum absolute atomic E-state index is 6.01. The van der Waals surface area contributed by atoms with Crippen LogP contribution in [0.15, 0.2) is 46.9 Å². The third kappa shape index (κ3) is 4.16. The van der Waals surface area contributed by atoms with Crippen LogP contribution in [0.3, 0.4) is 0 Å². The van der Waals surface area contributed by atoms with Crippen molar-refractivity contribution in [1.82, 2.24) is 4.90 Å². The zero-order valence-corrected chi connectivity index (χ0v) is 14.5. The van der Waals surface area contributed by atoms with Gasteiger partial charge in [0.1, 0.15) is 0 Å². The van der Waals surface area contributed by atoms with Crippen LogP contribution in [0.5, 0.6) is 0 Å². The van der Waals surface area contributed by atoms with Crippen LogP contribution >= 0.6 is 15.9 Å². The van der Waals surface area contributed by atoms with E-state index in [1.165, 1.54) is 22.3 Å². The van der Waals surface area contributed by atoms with Crippen molar-refractivity contribution in [2.45, 2.75) is 26.4 Å². The maximum atomic E-state index is 6.01. The first kappa shape index (κ1) is 16.2. The minimum absolute atomic E-state index is 0.225. The molecule has 0 aliphatic carbocycles. The predicted molar refractivity (Wildman–Crippen MR) is 93.3 cm³/mol. The Labute approximate surface area is 136 Å². The minimum Gasteiger partial charge on any atom is -0.329 e. The molecule has 0 fully saturated rings. The second kappa shape index (κ2) is 7.21. The second-order valence-corrected chi connectivity index (χ2v) is 6.52. The Bertz CT molecular complexity index is 593. The first-order chi connectivity index (χ1) is 10.0. The molecule has 0 spiro atoms. The summed E-state index contributed by atoms with van der Waals surface area (Å²) in [7, 11) is 2.13. The van der Waals surface area contributed by atoms with E-state index in [1.807, 2.05) is 0 Å². The van der Waals surface area contributed by atoms with Gasteiger partial charge in [-0.2, -0.15) is 0 Å². The molecule has 0 radical (unpaired) electrons. The summed E-state index contributed by atoms with van der Waals surface area (Å²) in [5.41, 5.74) is 11.1. The van der Waals surface area contributed by atoms with Crippen LogP contribution in [-0.2, 0) is 6.54 Å². The van der Waals surface area contributed by atoms with Crippen molar-refractivity contribution in [2.75, 3.05) is 13.6 Å². The van der Waals surface area contributed by atoms with Crippen LogP contribution in [0.25, 0.3) is 0 Å². The average Bonchev–Trinajstić information content (AvgIpc) is 2.46. The monoisotopic (exact) mass is 346 g/mol. The summed E-state index contributed by atoms with van der Waals surface area (Å²) < 4.78 is 1.14. The van der Waals surface area contributed by atoms with Gasteiger partial charge in [-0.1, -0.05) is 57.9 Å². The summed E-state index contributed by atoms with van der Waals surface area (Å²) >= 11 is 3.61. The van der Waals surface area contributed by atoms with Crippen molar-refractivity contribution in [2.24, 2.45) is 5.73 Å². The van der Waals surface area contributed by atoms with Gasteiger partial charge >= 0.3 is 0 Å². The highest BCUT2D eigenvalue weighted by Crippen LogP contribution is 2.25. The summed E-state index contributed by atoms with van der Waals surface area (Å²) in [6.07, 6.45) is 0. The Balaban J connectivity index is 2.15. The molecule has 0 saturated carbocycles. The van der Waals surface area contributed by atoms with Gasteiger partial charge in [0.2, 0.25) is 0 Å². The van der Waals surface area contributed by atoms with E-state index in [-0.39, 0.29) is 6.04 Å². The summed E-state index contributed by atoms with van der Waals surface area (Å²) in [6.45, 7) is 5.72. The number of benzene rings is 2. The lowest BCUT2D eigenvalue weighted by Gasteiger charge is -2.28. The largest absolute Gasteiger partial charge is 0.329 e. The quantitative estimate of drug-likeness (QED) is 0.878. The fourth-order valence-corrected chi connectivity index (χ4v) is 2.88. The van der Waals surface area contributed by atoms with Crippen LogP contribution in [-0.4, -0.2) is 18.5 Å². The molecule has 0 heterocycles. The van der Waals surface area contributed by atoms with Gasteiger partial charge < -0.3 is 5.73 Å². The standard InChI is InChI=1S/C18H23BrN2/c1-13-4-7-15(8-5-13)12-21(3)18(11-20)16-9-6-14(2)17(19)10-16/h4-10,18H,11-12,20H2,1-3H3. The molecule has 3 heteroatoms. The number of likely N-dealkylation sites (N-methyl/N-ethyl adjacent to an activating group) is 1. The molecule has 2 rings (SSSR count). The molecule has 21 heavy (non-hydrogen) atoms. The van der Waals surface area contributed by atoms with Crippen molar-refractivity contribution in [3.05, 3.63) is 69.2 Å². The number of aryl methyl sites for hydroxylation is 2. The lowest BCUT2D eigenvalue weighted by molar-refractivity contribution is 0.241. The Morgan fingerprint density at radius 3 is 2.33 bits per heavy atom. The Morgan fingerprint density at radius 2 is 1.76 bits per heavy atom. The average molecular weight is 347 g/mol. The third-order valence-corrected chi connectivity index (χ3v) is 4.74. The molecule has 1 unspecified atom stereocenters. The molecule has 0 amide bonds. The highest BCUT2D eigenvalue weighted by Gasteiger charge is 2.16. The van der Waals surface area contributed by atoms with Crippen molar-refractivity contribution in [3.63, 3.8) is 0 Å². The fourth-order valence-electron chi connectivity index (χ4n) is 2.48. The van der Waals surface area contributed by atoms with E-state index in [2.05, 4.69) is 84.2 Å². The van der Waals surface area contributed by atoms with Gasteiger partial charge in [-0.3, -0.25) is 4.90 Å². The molecule has 0 saturated heterocycles. The van der Waals surface area contributed by atoms with Gasteiger partial charge in [-0.25, -0.2) is 0 Å². The topological polar surface area (TPSA) is 29.3 Å². The number of rotatable bonds is 5. The van der Waals surface area contributed by atoms with Crippen LogP contribution in [0.4, 0.5) is 0 Å². The molecule has 2 aromatic rings. The van der Waals surface area contributed by atoms with Gasteiger partial charge in [0.25, 0.3) is 0 Å². The smallest absolute Gasteiger partial charge is 0.0471 e. The molecule has 2 N–H and O–H groups in total. The van der Waals surface area contributed by atoms with E-state index in [0.717, 1.165) is 11.0 Å². The second-order valence-electron chi connectivity index (χ2n) is 5.66. The molecule has 2 aromatic carbocycles. The zero-order chi connectivity index (χ0) is 15.4. The molecule has 0 aliphatic rings. The van der Waals surface area contributed by atoms with E-state index in [4.69, 9.17) is 5.73 Å². The number of hydrogen-bond donors (Lipinski definition) is 1. The maximum Gasteiger partial charge on any atom is 0.0471 e. The molecule has 1 atom stereocenters. The molecular formula is C18H23BrN2. The van der Waals surface area contributed by atoms with E-state index < -0.39 is 0 Å². The Kier molecular flexibility index (Phi) is 5.57. The first-order valence-corrected chi connectivity index (χ1v) is 8.02. The van der Waals surface area contributed by atoms with Crippen LogP contribution in [0, 0.1) is 13.8 Å². The number of nitrogens with two attached hydrogens (primary N) is 1. The van der Waals surface area contributed by atoms with Gasteiger partial charge in [0.15, 0.2) is 0 Å². The van der Waals surface area contributed by atoms with Crippen LogP contribution in [0.1, 0.15) is 28.3 Å². The molecule has 2 nitrogen and oxygen atoms in total. The SMILES string of the molecule is Cc1ccc(CN(C)C(CN)c2ccc(C)c(Br)c2)cc1. The van der Waals surface area contributed by atoms with E-state index >= 15 is 0 Å². The number of halogens is 1. The predicted octanol–water partition coefficient (Wildman–Crippen LogP) is 4.20. The molecule has 112 valence electrons. The van der Waals surface area contributed by atoms with E-state index in [9.17, 15) is 0 Å². The normalized spacial score (nSPS) is 12.7. The summed E-state index contributed by atoms with van der Waals surface area (Å²) in [5, 5.41) is 0. The van der Waals surface area contributed by atoms with Gasteiger partial charge in [-0.15, -0.1) is 0 Å². The van der Waals surface area contributed by atoms with Crippen molar-refractivity contribution >= 4 is 15.9 Å². The lowest BCUT2D eigenvalue weighted by atomic mass is 10.0. The molecular weight excluding hydrogens is 324 g/mol. The van der Waals surface area contributed by atoms with Crippen LogP contribution < -0.4 is 5.73 Å². The van der Waals surface area contributed by atoms with E-state index in [1.54, 1.807) is 0 Å². The van der Waals surface area contributed by atoms with Crippen LogP contribution in [0.2, 0.25) is 0 Å². The summed E-state index contributed by atoms with van der Waals surface area (Å²) in [6, 6.07) is 15.4. The Morgan fingerprint density at radius 1 is 1.10 bits per heavy atom. The summed E-state index contributed by atoms with van der Waals surface area (Å²) in [4.78, 5) is 2.31. The highest BCUT2D eigenvalue weighted by atomic mass is 79.9. The minimum atomic E-state index is 0.225. The van der Waals surface area contributed by atoms with Crippen molar-refractivity contribution < 1.29 is 0 Å². The zero-order valence-electron chi connectivity index (χ0n) is 12.9.